The molecule has 0 unspecified atom stereocenters. The summed E-state index contributed by atoms with van der Waals surface area (Å²) in [5.41, 5.74) is 1.75. The number of fused-ring (bicyclic) bond motifs is 1. The summed E-state index contributed by atoms with van der Waals surface area (Å²) in [7, 11) is 1.96. The molecule has 1 aliphatic carbocycles. The lowest BCUT2D eigenvalue weighted by atomic mass is 10.0. The van der Waals surface area contributed by atoms with Gasteiger partial charge in [-0.25, -0.2) is 4.79 Å². The highest BCUT2D eigenvalue weighted by Gasteiger charge is 2.46. The van der Waals surface area contributed by atoms with Crippen molar-refractivity contribution in [1.29, 1.82) is 0 Å². The van der Waals surface area contributed by atoms with Gasteiger partial charge in [0.1, 0.15) is 0 Å². The van der Waals surface area contributed by atoms with E-state index in [2.05, 4.69) is 4.99 Å². The maximum Gasteiger partial charge on any atom is 0.235 e. The number of aryl methyl sites for hydroxylation is 1. The molecule has 0 radical (unpaired) electrons. The van der Waals surface area contributed by atoms with E-state index in [0.29, 0.717) is 5.02 Å². The second-order valence-electron chi connectivity index (χ2n) is 4.52. The van der Waals surface area contributed by atoms with Gasteiger partial charge >= 0.3 is 0 Å². The van der Waals surface area contributed by atoms with Crippen LogP contribution in [-0.2, 0) is 17.4 Å². The van der Waals surface area contributed by atoms with Crippen LogP contribution >= 0.6 is 11.6 Å². The first-order chi connectivity index (χ1) is 8.18. The lowest BCUT2D eigenvalue weighted by Gasteiger charge is -2.10. The molecule has 1 aromatic carbocycles. The van der Waals surface area contributed by atoms with E-state index in [9.17, 15) is 4.79 Å². The van der Waals surface area contributed by atoms with Gasteiger partial charge in [0, 0.05) is 24.1 Å². The molecule has 0 atom stereocenters. The quantitative estimate of drug-likeness (QED) is 0.592. The molecule has 2 aromatic rings. The number of isocyanates is 1. The summed E-state index contributed by atoms with van der Waals surface area (Å²) in [5, 5.41) is 1.72. The number of hydrogen-bond acceptors (Lipinski definition) is 2. The number of aliphatic imine (C=N–C) groups is 1. The summed E-state index contributed by atoms with van der Waals surface area (Å²) in [6, 6.07) is 6.00. The van der Waals surface area contributed by atoms with Crippen LogP contribution in [0.15, 0.2) is 29.4 Å². The first-order valence-electron chi connectivity index (χ1n) is 5.51. The average molecular weight is 247 g/mol. The maximum atomic E-state index is 10.5. The van der Waals surface area contributed by atoms with Crippen molar-refractivity contribution in [3.05, 3.63) is 35.0 Å². The van der Waals surface area contributed by atoms with E-state index in [4.69, 9.17) is 11.6 Å². The van der Waals surface area contributed by atoms with Crippen molar-refractivity contribution in [2.75, 3.05) is 0 Å². The van der Waals surface area contributed by atoms with E-state index in [1.165, 1.54) is 0 Å². The summed E-state index contributed by atoms with van der Waals surface area (Å²) in [6.07, 6.45) is 5.36. The number of halogens is 1. The Morgan fingerprint density at radius 3 is 2.88 bits per heavy atom. The molecule has 1 saturated carbocycles. The molecular weight excluding hydrogens is 236 g/mol. The largest absolute Gasteiger partial charge is 0.349 e. The Hall–Kier alpha value is -1.57. The average Bonchev–Trinajstić information content (AvgIpc) is 3.03. The first-order valence-corrected chi connectivity index (χ1v) is 5.89. The second kappa shape index (κ2) is 3.46. The third-order valence-corrected chi connectivity index (χ3v) is 3.74. The Morgan fingerprint density at radius 1 is 1.47 bits per heavy atom. The smallest absolute Gasteiger partial charge is 0.235 e. The number of hydrogen-bond donors (Lipinski definition) is 0. The molecule has 0 bridgehead atoms. The normalized spacial score (nSPS) is 16.8. The van der Waals surface area contributed by atoms with Crippen LogP contribution in [-0.4, -0.2) is 10.6 Å². The minimum absolute atomic E-state index is 0.369. The summed E-state index contributed by atoms with van der Waals surface area (Å²) in [4.78, 5) is 14.5. The molecule has 0 saturated heterocycles. The van der Waals surface area contributed by atoms with Crippen LogP contribution in [0.1, 0.15) is 18.4 Å². The predicted octanol–water partition coefficient (Wildman–Crippen LogP) is 3.16. The monoisotopic (exact) mass is 246 g/mol. The molecule has 0 aliphatic heterocycles. The third-order valence-electron chi connectivity index (χ3n) is 3.45. The van der Waals surface area contributed by atoms with E-state index in [0.717, 1.165) is 29.3 Å². The molecule has 1 aliphatic rings. The molecule has 1 heterocycles. The number of aromatic nitrogens is 1. The Kier molecular flexibility index (Phi) is 2.15. The molecule has 86 valence electrons. The zero-order valence-corrected chi connectivity index (χ0v) is 10.2. The zero-order valence-electron chi connectivity index (χ0n) is 9.40. The van der Waals surface area contributed by atoms with Gasteiger partial charge in [-0.1, -0.05) is 23.7 Å². The molecule has 3 nitrogen and oxygen atoms in total. The highest BCUT2D eigenvalue weighted by Crippen LogP contribution is 2.52. The van der Waals surface area contributed by atoms with Gasteiger partial charge < -0.3 is 4.57 Å². The SMILES string of the molecule is Cn1cc(Cl)c2c(C3(N=C=O)CC3)cccc21. The second-order valence-corrected chi connectivity index (χ2v) is 4.93. The van der Waals surface area contributed by atoms with Crippen molar-refractivity contribution in [1.82, 2.24) is 4.57 Å². The van der Waals surface area contributed by atoms with Gasteiger partial charge in [0.2, 0.25) is 6.08 Å². The topological polar surface area (TPSA) is 34.4 Å². The van der Waals surface area contributed by atoms with Crippen molar-refractivity contribution in [2.24, 2.45) is 12.0 Å². The van der Waals surface area contributed by atoms with Gasteiger partial charge in [-0.3, -0.25) is 0 Å². The van der Waals surface area contributed by atoms with E-state index >= 15 is 0 Å². The lowest BCUT2D eigenvalue weighted by molar-refractivity contribution is 0.556. The minimum atomic E-state index is -0.369. The Morgan fingerprint density at radius 2 is 2.24 bits per heavy atom. The molecule has 0 amide bonds. The highest BCUT2D eigenvalue weighted by molar-refractivity contribution is 6.36. The van der Waals surface area contributed by atoms with Crippen LogP contribution in [0.5, 0.6) is 0 Å². The van der Waals surface area contributed by atoms with Gasteiger partial charge in [0.25, 0.3) is 0 Å². The van der Waals surface area contributed by atoms with Gasteiger partial charge in [-0.05, 0) is 24.5 Å². The number of benzene rings is 1. The number of carbonyl (C=O) groups excluding carboxylic acids is 1. The van der Waals surface area contributed by atoms with E-state index in [-0.39, 0.29) is 5.54 Å². The summed E-state index contributed by atoms with van der Waals surface area (Å²) >= 11 is 6.26. The van der Waals surface area contributed by atoms with Crippen molar-refractivity contribution < 1.29 is 4.79 Å². The van der Waals surface area contributed by atoms with Crippen LogP contribution in [0, 0.1) is 0 Å². The van der Waals surface area contributed by atoms with Gasteiger partial charge in [-0.2, -0.15) is 4.99 Å². The van der Waals surface area contributed by atoms with Crippen LogP contribution in [0.3, 0.4) is 0 Å². The van der Waals surface area contributed by atoms with E-state index in [1.807, 2.05) is 36.0 Å². The summed E-state index contributed by atoms with van der Waals surface area (Å²) < 4.78 is 1.99. The van der Waals surface area contributed by atoms with Crippen molar-refractivity contribution in [2.45, 2.75) is 18.4 Å². The first kappa shape index (κ1) is 10.6. The van der Waals surface area contributed by atoms with E-state index in [1.54, 1.807) is 6.08 Å². The standard InChI is InChI=1S/C13H11ClN2O/c1-16-7-10(14)12-9(3-2-4-11(12)16)13(5-6-13)15-8-17/h2-4,7H,5-6H2,1H3. The fourth-order valence-electron chi connectivity index (χ4n) is 2.42. The number of rotatable bonds is 2. The molecule has 1 aromatic heterocycles. The zero-order chi connectivity index (χ0) is 12.0. The maximum absolute atomic E-state index is 10.5. The molecule has 4 heteroatoms. The summed E-state index contributed by atoms with van der Waals surface area (Å²) in [5.74, 6) is 0. The Bertz CT molecular complexity index is 649. The minimum Gasteiger partial charge on any atom is -0.349 e. The van der Waals surface area contributed by atoms with E-state index < -0.39 is 0 Å². The fourth-order valence-corrected chi connectivity index (χ4v) is 2.77. The van der Waals surface area contributed by atoms with Crippen LogP contribution < -0.4 is 0 Å². The molecule has 0 N–H and O–H groups in total. The summed E-state index contributed by atoms with van der Waals surface area (Å²) in [6.45, 7) is 0. The van der Waals surface area contributed by atoms with Crippen LogP contribution in [0.25, 0.3) is 10.9 Å². The van der Waals surface area contributed by atoms with Crippen molar-refractivity contribution in [3.63, 3.8) is 0 Å². The molecule has 1 fully saturated rings. The van der Waals surface area contributed by atoms with Crippen LogP contribution in [0.4, 0.5) is 0 Å². The highest BCUT2D eigenvalue weighted by atomic mass is 35.5. The molecule has 0 spiro atoms. The molecule has 17 heavy (non-hydrogen) atoms. The Labute approximate surface area is 104 Å². The van der Waals surface area contributed by atoms with Gasteiger partial charge in [0.05, 0.1) is 10.6 Å². The molecular formula is C13H11ClN2O. The number of nitrogens with zero attached hydrogens (tertiary/aromatic N) is 2. The van der Waals surface area contributed by atoms with Gasteiger partial charge in [-0.15, -0.1) is 0 Å². The van der Waals surface area contributed by atoms with Crippen molar-refractivity contribution in [3.8, 4) is 0 Å². The van der Waals surface area contributed by atoms with Crippen LogP contribution in [0.2, 0.25) is 5.02 Å². The van der Waals surface area contributed by atoms with Crippen molar-refractivity contribution >= 4 is 28.6 Å². The molecule has 3 rings (SSSR count). The van der Waals surface area contributed by atoms with Gasteiger partial charge in [0.15, 0.2) is 0 Å². The fraction of sp³-hybridized carbons (Fsp3) is 0.308. The predicted molar refractivity (Wildman–Crippen MR) is 67.0 cm³/mol. The third kappa shape index (κ3) is 1.43. The Balaban J connectivity index is 2.34. The lowest BCUT2D eigenvalue weighted by Crippen LogP contribution is -2.02.